The quantitative estimate of drug-likeness (QED) is 0.237. The molecule has 0 radical (unpaired) electrons. The maximum absolute atomic E-state index is 13.3. The van der Waals surface area contributed by atoms with E-state index < -0.39 is 8.80 Å². The molecule has 0 aromatic carbocycles. The summed E-state index contributed by atoms with van der Waals surface area (Å²) in [5.74, 6) is -0.132. The minimum Gasteiger partial charge on any atom is -0.374 e. The monoisotopic (exact) mass is 392 g/mol. The van der Waals surface area contributed by atoms with Gasteiger partial charge in [-0.1, -0.05) is 32.1 Å². The summed E-state index contributed by atoms with van der Waals surface area (Å²) in [7, 11) is -2.58. The maximum atomic E-state index is 13.3. The molecule has 0 aliphatic carbocycles. The molecule has 0 aromatic heterocycles. The van der Waals surface area contributed by atoms with Crippen molar-refractivity contribution in [1.29, 1.82) is 0 Å². The third-order valence-electron chi connectivity index (χ3n) is 3.18. The molecule has 0 amide bonds. The standard InChI is InChI=1S/C13H27FO3Si.C7H11F/c1-5-10-13(14)11-9-12-18(15-6-2,16-7-3)17-8-4;1-3-5-7(8)6-4-2/h10H,5-9,11-12H2,1-4H3;3,6H,1,4-5H2,2H3/b13-10-;7-6-. The van der Waals surface area contributed by atoms with Crippen molar-refractivity contribution in [2.24, 2.45) is 0 Å². The van der Waals surface area contributed by atoms with Crippen molar-refractivity contribution in [3.8, 4) is 0 Å². The highest BCUT2D eigenvalue weighted by Crippen LogP contribution is 2.21. The minimum atomic E-state index is -2.58. The zero-order valence-electron chi connectivity index (χ0n) is 17.3. The van der Waals surface area contributed by atoms with Gasteiger partial charge in [0.1, 0.15) is 0 Å². The summed E-state index contributed by atoms with van der Waals surface area (Å²) >= 11 is 0. The predicted molar refractivity (Wildman–Crippen MR) is 108 cm³/mol. The zero-order valence-corrected chi connectivity index (χ0v) is 18.3. The molecule has 0 N–H and O–H groups in total. The lowest BCUT2D eigenvalue weighted by atomic mass is 10.3. The molecule has 6 heteroatoms. The highest BCUT2D eigenvalue weighted by Gasteiger charge is 2.39. The molecular weight excluding hydrogens is 354 g/mol. The highest BCUT2D eigenvalue weighted by atomic mass is 28.4. The Kier molecular flexibility index (Phi) is 20.0. The average Bonchev–Trinajstić information content (AvgIpc) is 2.57. The Balaban J connectivity index is 0. The third kappa shape index (κ3) is 15.4. The Morgan fingerprint density at radius 1 is 0.846 bits per heavy atom. The first-order valence-corrected chi connectivity index (χ1v) is 11.6. The summed E-state index contributed by atoms with van der Waals surface area (Å²) < 4.78 is 42.6. The zero-order chi connectivity index (χ0) is 20.3. The number of halogens is 2. The van der Waals surface area contributed by atoms with Crippen molar-refractivity contribution in [3.05, 3.63) is 36.5 Å². The van der Waals surface area contributed by atoms with E-state index in [2.05, 4.69) is 6.58 Å². The average molecular weight is 393 g/mol. The van der Waals surface area contributed by atoms with Crippen molar-refractivity contribution < 1.29 is 22.1 Å². The number of allylic oxidation sites excluding steroid dienone is 5. The molecule has 0 aromatic rings. The molecule has 154 valence electrons. The number of hydrogen-bond acceptors (Lipinski definition) is 3. The number of rotatable bonds is 14. The van der Waals surface area contributed by atoms with E-state index in [9.17, 15) is 8.78 Å². The summed E-state index contributed by atoms with van der Waals surface area (Å²) in [6.45, 7) is 14.7. The summed E-state index contributed by atoms with van der Waals surface area (Å²) in [6.07, 6.45) is 7.74. The van der Waals surface area contributed by atoms with Crippen molar-refractivity contribution in [2.75, 3.05) is 19.8 Å². The van der Waals surface area contributed by atoms with Crippen LogP contribution in [0, 0.1) is 0 Å². The second kappa shape index (κ2) is 19.0. The predicted octanol–water partition coefficient (Wildman–Crippen LogP) is 6.90. The molecule has 26 heavy (non-hydrogen) atoms. The van der Waals surface area contributed by atoms with E-state index in [1.165, 1.54) is 0 Å². The van der Waals surface area contributed by atoms with Crippen LogP contribution in [0.4, 0.5) is 8.78 Å². The molecular formula is C20H38F2O3Si. The topological polar surface area (TPSA) is 27.7 Å². The van der Waals surface area contributed by atoms with E-state index in [4.69, 9.17) is 13.3 Å². The third-order valence-corrected chi connectivity index (χ3v) is 6.33. The minimum absolute atomic E-state index is 0.0510. The molecule has 0 aliphatic rings. The molecule has 0 bridgehead atoms. The second-order valence-electron chi connectivity index (χ2n) is 5.45. The van der Waals surface area contributed by atoms with E-state index in [1.807, 2.05) is 34.6 Å². The van der Waals surface area contributed by atoms with Gasteiger partial charge in [-0.2, -0.15) is 0 Å². The van der Waals surface area contributed by atoms with E-state index in [0.29, 0.717) is 45.1 Å². The van der Waals surface area contributed by atoms with Gasteiger partial charge in [0.15, 0.2) is 0 Å². The van der Waals surface area contributed by atoms with Crippen LogP contribution in [0.25, 0.3) is 0 Å². The van der Waals surface area contributed by atoms with Crippen LogP contribution in [-0.4, -0.2) is 28.6 Å². The van der Waals surface area contributed by atoms with Crippen molar-refractivity contribution in [3.63, 3.8) is 0 Å². The fourth-order valence-electron chi connectivity index (χ4n) is 2.24. The fraction of sp³-hybridized carbons (Fsp3) is 0.700. The van der Waals surface area contributed by atoms with Crippen molar-refractivity contribution >= 4 is 8.80 Å². The maximum Gasteiger partial charge on any atom is 0.500 e. The van der Waals surface area contributed by atoms with Gasteiger partial charge in [0, 0.05) is 32.3 Å². The Labute approximate surface area is 160 Å². The van der Waals surface area contributed by atoms with Crippen LogP contribution >= 0.6 is 0 Å². The van der Waals surface area contributed by atoms with E-state index >= 15 is 0 Å². The first-order valence-electron chi connectivity index (χ1n) is 9.66. The molecule has 0 saturated carbocycles. The molecule has 0 aliphatic heterocycles. The Bertz CT molecular complexity index is 381. The lowest BCUT2D eigenvalue weighted by molar-refractivity contribution is 0.0708. The van der Waals surface area contributed by atoms with Crippen LogP contribution in [0.2, 0.25) is 6.04 Å². The van der Waals surface area contributed by atoms with Crippen LogP contribution < -0.4 is 0 Å². The van der Waals surface area contributed by atoms with Crippen LogP contribution in [-0.2, 0) is 13.3 Å². The summed E-state index contributed by atoms with van der Waals surface area (Å²) in [5.41, 5.74) is 0. The van der Waals surface area contributed by atoms with Gasteiger partial charge in [0.25, 0.3) is 0 Å². The highest BCUT2D eigenvalue weighted by molar-refractivity contribution is 6.60. The molecule has 0 heterocycles. The van der Waals surface area contributed by atoms with Gasteiger partial charge < -0.3 is 13.3 Å². The van der Waals surface area contributed by atoms with E-state index in [0.717, 1.165) is 12.8 Å². The van der Waals surface area contributed by atoms with Crippen LogP contribution in [0.3, 0.4) is 0 Å². The normalized spacial score (nSPS) is 12.6. The first kappa shape index (κ1) is 27.4. The molecule has 0 unspecified atom stereocenters. The van der Waals surface area contributed by atoms with Crippen LogP contribution in [0.1, 0.15) is 66.7 Å². The van der Waals surface area contributed by atoms with Gasteiger partial charge in [-0.15, -0.1) is 6.58 Å². The lowest BCUT2D eigenvalue weighted by Gasteiger charge is -2.28. The van der Waals surface area contributed by atoms with E-state index in [-0.39, 0.29) is 11.7 Å². The fourth-order valence-corrected chi connectivity index (χ4v) is 4.85. The first-order chi connectivity index (χ1) is 12.4. The van der Waals surface area contributed by atoms with E-state index in [1.54, 1.807) is 18.2 Å². The Hall–Kier alpha value is -0.823. The molecule has 0 spiro atoms. The summed E-state index contributed by atoms with van der Waals surface area (Å²) in [4.78, 5) is 0. The van der Waals surface area contributed by atoms with Gasteiger partial charge in [0.2, 0.25) is 0 Å². The smallest absolute Gasteiger partial charge is 0.374 e. The van der Waals surface area contributed by atoms with Gasteiger partial charge in [-0.25, -0.2) is 8.78 Å². The van der Waals surface area contributed by atoms with Gasteiger partial charge in [-0.05, 0) is 46.5 Å². The van der Waals surface area contributed by atoms with Crippen molar-refractivity contribution in [2.45, 2.75) is 72.8 Å². The van der Waals surface area contributed by atoms with Crippen LogP contribution in [0.5, 0.6) is 0 Å². The molecule has 0 atom stereocenters. The lowest BCUT2D eigenvalue weighted by Crippen LogP contribution is -2.45. The molecule has 3 nitrogen and oxygen atoms in total. The largest absolute Gasteiger partial charge is 0.500 e. The molecule has 0 saturated heterocycles. The SMILES string of the molecule is C=CC/C(F)=C/CC.CC/C=C(\F)CCC[Si](OCC)(OCC)OCC. The summed E-state index contributed by atoms with van der Waals surface area (Å²) in [5, 5.41) is 0. The summed E-state index contributed by atoms with van der Waals surface area (Å²) in [6, 6.07) is 0.674. The Morgan fingerprint density at radius 2 is 1.31 bits per heavy atom. The van der Waals surface area contributed by atoms with Gasteiger partial charge in [0.05, 0.1) is 11.7 Å². The van der Waals surface area contributed by atoms with Crippen LogP contribution in [0.15, 0.2) is 36.5 Å². The molecule has 0 fully saturated rings. The van der Waals surface area contributed by atoms with Gasteiger partial charge in [-0.3, -0.25) is 0 Å². The second-order valence-corrected chi connectivity index (χ2v) is 8.18. The number of hydrogen-bond donors (Lipinski definition) is 0. The molecule has 0 rings (SSSR count). The van der Waals surface area contributed by atoms with Crippen molar-refractivity contribution in [1.82, 2.24) is 0 Å². The Morgan fingerprint density at radius 3 is 1.69 bits per heavy atom. The van der Waals surface area contributed by atoms with Gasteiger partial charge >= 0.3 is 8.80 Å².